The normalized spacial score (nSPS) is 25.4. The van der Waals surface area contributed by atoms with E-state index in [1.165, 1.54) is 6.42 Å². The summed E-state index contributed by atoms with van der Waals surface area (Å²) in [5, 5.41) is 1.62. The van der Waals surface area contributed by atoms with Crippen LogP contribution in [0.5, 0.6) is 0 Å². The monoisotopic (exact) mass is 436 g/mol. The molecule has 2 aliphatic rings. The fraction of sp³-hybridized carbons (Fsp3) is 0.632. The molecule has 25 heavy (non-hydrogen) atoms. The van der Waals surface area contributed by atoms with E-state index < -0.39 is 25.3 Å². The number of hydrogen-bond acceptors (Lipinski definition) is 1. The van der Waals surface area contributed by atoms with Crippen molar-refractivity contribution in [2.75, 3.05) is 14.1 Å². The Kier molecular flexibility index (Phi) is 10.5. The van der Waals surface area contributed by atoms with Crippen LogP contribution in [0.2, 0.25) is 13.1 Å². The van der Waals surface area contributed by atoms with Gasteiger partial charge in [-0.25, -0.2) is 0 Å². The van der Waals surface area contributed by atoms with Gasteiger partial charge in [0, 0.05) is 11.5 Å². The van der Waals surface area contributed by atoms with Gasteiger partial charge in [0.25, 0.3) is 0 Å². The summed E-state index contributed by atoms with van der Waals surface area (Å²) >= 11 is -0.556. The van der Waals surface area contributed by atoms with Crippen LogP contribution >= 0.6 is 18.6 Å². The topological polar surface area (TPSA) is 17.3 Å². The van der Waals surface area contributed by atoms with Crippen molar-refractivity contribution in [1.82, 2.24) is 4.90 Å². The van der Waals surface area contributed by atoms with E-state index in [0.29, 0.717) is 6.04 Å². The summed E-state index contributed by atoms with van der Waals surface area (Å²) in [6.07, 6.45) is 14.0. The fourth-order valence-electron chi connectivity index (χ4n) is 3.90. The van der Waals surface area contributed by atoms with E-state index in [9.17, 15) is 0 Å². The minimum absolute atomic E-state index is 0. The molecule has 0 aromatic heterocycles. The van der Waals surface area contributed by atoms with E-state index in [1.807, 2.05) is 0 Å². The van der Waals surface area contributed by atoms with E-state index >= 15 is 0 Å². The van der Waals surface area contributed by atoms with E-state index in [1.54, 1.807) is 5.20 Å². The average Bonchev–Trinajstić information content (AvgIpc) is 2.78. The van der Waals surface area contributed by atoms with Gasteiger partial charge in [-0.15, -0.1) is 10.7 Å². The Hall–Kier alpha value is 0.651. The van der Waals surface area contributed by atoms with E-state index in [4.69, 9.17) is 23.6 Å². The van der Waals surface area contributed by atoms with Crippen LogP contribution < -0.4 is 0 Å². The SMILES string of the molecule is CN(C)C1C=C([Si](C)(C)[N-]C(C)(C)C)CC12C=CC=CC2.[CH3-].[Cl][Ti][Cl]. The van der Waals surface area contributed by atoms with Crippen molar-refractivity contribution < 1.29 is 17.0 Å². The second kappa shape index (κ2) is 10.3. The van der Waals surface area contributed by atoms with Crippen molar-refractivity contribution in [3.8, 4) is 0 Å². The molecule has 144 valence electrons. The Morgan fingerprint density at radius 1 is 1.24 bits per heavy atom. The molecular weight excluding hydrogens is 403 g/mol. The third-order valence-corrected chi connectivity index (χ3v) is 7.74. The Balaban J connectivity index is 0.00000134. The standard InChI is InChI=1S/C18H31N2Si.CH3.2ClH.Ti/c1-17(2,3)19-21(6,7)15-13-16(20(4)5)18(14-15)11-9-8-10-12-18;;;;/h8-11,13,16H,12,14H2,1-7H3;1H3;2*1H;/q2*-1;;;+2/p-2. The van der Waals surface area contributed by atoms with Crippen LogP contribution in [-0.4, -0.2) is 38.8 Å². The van der Waals surface area contributed by atoms with Gasteiger partial charge >= 0.3 is 35.6 Å². The predicted octanol–water partition coefficient (Wildman–Crippen LogP) is 6.49. The van der Waals surface area contributed by atoms with Crippen molar-refractivity contribution in [3.63, 3.8) is 0 Å². The van der Waals surface area contributed by atoms with Gasteiger partial charge in [-0.3, -0.25) is 0 Å². The second-order valence-corrected chi connectivity index (χ2v) is 15.0. The van der Waals surface area contributed by atoms with Gasteiger partial charge in [0.15, 0.2) is 0 Å². The maximum atomic E-state index is 5.20. The van der Waals surface area contributed by atoms with Crippen LogP contribution in [-0.2, 0) is 17.0 Å². The first-order valence-electron chi connectivity index (χ1n) is 8.40. The van der Waals surface area contributed by atoms with Crippen molar-refractivity contribution in [3.05, 3.63) is 48.0 Å². The molecule has 0 fully saturated rings. The molecule has 0 saturated carbocycles. The zero-order valence-corrected chi connectivity index (χ0v) is 21.1. The van der Waals surface area contributed by atoms with Gasteiger partial charge < -0.3 is 17.3 Å². The molecule has 0 amide bonds. The van der Waals surface area contributed by atoms with E-state index in [-0.39, 0.29) is 18.4 Å². The summed E-state index contributed by atoms with van der Waals surface area (Å²) in [6, 6.07) is 0.496. The third kappa shape index (κ3) is 7.29. The van der Waals surface area contributed by atoms with E-state index in [0.717, 1.165) is 6.42 Å². The molecule has 2 unspecified atom stereocenters. The summed E-state index contributed by atoms with van der Waals surface area (Å²) in [5.74, 6) is 0. The molecule has 2 rings (SSSR count). The molecule has 0 bridgehead atoms. The van der Waals surface area contributed by atoms with Gasteiger partial charge in [-0.2, -0.15) is 0 Å². The zero-order valence-electron chi connectivity index (χ0n) is 17.0. The van der Waals surface area contributed by atoms with Crippen LogP contribution in [0, 0.1) is 12.8 Å². The third-order valence-electron chi connectivity index (χ3n) is 4.60. The predicted molar refractivity (Wildman–Crippen MR) is 114 cm³/mol. The Morgan fingerprint density at radius 2 is 1.80 bits per heavy atom. The Bertz CT molecular complexity index is 510. The molecule has 0 saturated heterocycles. The molecule has 1 spiro atoms. The van der Waals surface area contributed by atoms with Gasteiger partial charge in [-0.1, -0.05) is 64.2 Å². The minimum atomic E-state index is -1.70. The molecule has 2 nitrogen and oxygen atoms in total. The molecule has 0 N–H and O–H groups in total. The first-order valence-corrected chi connectivity index (χ1v) is 15.6. The van der Waals surface area contributed by atoms with Crippen molar-refractivity contribution >= 4 is 26.8 Å². The number of nitrogens with zero attached hydrogens (tertiary/aromatic N) is 2. The number of allylic oxidation sites excluding steroid dienone is 4. The molecule has 2 atom stereocenters. The van der Waals surface area contributed by atoms with Crippen molar-refractivity contribution in [2.24, 2.45) is 5.41 Å². The first-order chi connectivity index (χ1) is 11.0. The average molecular weight is 437 g/mol. The maximum absolute atomic E-state index is 5.20. The molecular formula is C19H34Cl2N2SiTi-2. The van der Waals surface area contributed by atoms with Gasteiger partial charge in [0.05, 0.1) is 0 Å². The first kappa shape index (κ1) is 25.7. The number of rotatable bonds is 3. The molecule has 0 aliphatic heterocycles. The summed E-state index contributed by atoms with van der Waals surface area (Å²) < 4.78 is 0. The Labute approximate surface area is 173 Å². The van der Waals surface area contributed by atoms with Crippen molar-refractivity contribution in [1.29, 1.82) is 0 Å². The molecule has 0 aromatic rings. The quantitative estimate of drug-likeness (QED) is 0.364. The van der Waals surface area contributed by atoms with Crippen molar-refractivity contribution in [2.45, 2.75) is 58.3 Å². The van der Waals surface area contributed by atoms with Crippen LogP contribution in [0.25, 0.3) is 4.98 Å². The number of hydrogen-bond donors (Lipinski definition) is 0. The number of likely N-dealkylation sites (N-methyl/N-ethyl adjacent to an activating group) is 1. The number of halogens is 2. The second-order valence-electron chi connectivity index (χ2n) is 8.41. The van der Waals surface area contributed by atoms with Gasteiger partial charge in [0.2, 0.25) is 0 Å². The summed E-state index contributed by atoms with van der Waals surface area (Å²) in [6.45, 7) is 11.5. The zero-order chi connectivity index (χ0) is 18.6. The fourth-order valence-corrected chi connectivity index (χ4v) is 7.05. The molecule has 0 aromatic carbocycles. The molecule has 2 aliphatic carbocycles. The summed E-state index contributed by atoms with van der Waals surface area (Å²) in [5.41, 5.74) is 0.313. The molecule has 0 heterocycles. The van der Waals surface area contributed by atoms with Crippen LogP contribution in [0.4, 0.5) is 0 Å². The van der Waals surface area contributed by atoms with Gasteiger partial charge in [-0.05, 0) is 35.2 Å². The molecule has 6 heteroatoms. The summed E-state index contributed by atoms with van der Waals surface area (Å²) in [7, 11) is 12.5. The van der Waals surface area contributed by atoms with Crippen LogP contribution in [0.3, 0.4) is 0 Å². The summed E-state index contributed by atoms with van der Waals surface area (Å²) in [4.78, 5) is 7.58. The van der Waals surface area contributed by atoms with Crippen LogP contribution in [0.1, 0.15) is 33.6 Å². The van der Waals surface area contributed by atoms with E-state index in [2.05, 4.69) is 83.2 Å². The Morgan fingerprint density at radius 3 is 2.20 bits per heavy atom. The molecule has 0 radical (unpaired) electrons. The van der Waals surface area contributed by atoms with Gasteiger partial charge in [0.1, 0.15) is 0 Å². The van der Waals surface area contributed by atoms with Crippen LogP contribution in [0.15, 0.2) is 35.6 Å².